The Morgan fingerprint density at radius 2 is 1.77 bits per heavy atom. The van der Waals surface area contributed by atoms with Crippen molar-refractivity contribution in [3.05, 3.63) is 72.6 Å². The summed E-state index contributed by atoms with van der Waals surface area (Å²) in [6, 6.07) is 15.1. The molecule has 39 heavy (non-hydrogen) atoms. The number of nitrogen functional groups attached to an aromatic ring is 1. The van der Waals surface area contributed by atoms with Crippen LogP contribution in [0.3, 0.4) is 0 Å². The molecule has 0 saturated heterocycles. The van der Waals surface area contributed by atoms with Gasteiger partial charge in [-0.1, -0.05) is 30.8 Å². The lowest BCUT2D eigenvalue weighted by Gasteiger charge is -2.17. The first-order valence-corrected chi connectivity index (χ1v) is 12.8. The smallest absolute Gasteiger partial charge is 0.251 e. The van der Waals surface area contributed by atoms with Crippen molar-refractivity contribution >= 4 is 34.4 Å². The summed E-state index contributed by atoms with van der Waals surface area (Å²) in [7, 11) is 3.58. The summed E-state index contributed by atoms with van der Waals surface area (Å²) in [4.78, 5) is 33.8. The van der Waals surface area contributed by atoms with E-state index in [1.165, 1.54) is 6.33 Å². The van der Waals surface area contributed by atoms with Crippen LogP contribution in [-0.4, -0.2) is 46.1 Å². The Morgan fingerprint density at radius 3 is 2.38 bits per heavy atom. The fraction of sp³-hybridized carbons (Fsp3) is 0.267. The van der Waals surface area contributed by atoms with Gasteiger partial charge in [-0.15, -0.1) is 0 Å². The number of nitrogens with two attached hydrogens (primary N) is 1. The lowest BCUT2D eigenvalue weighted by Crippen LogP contribution is -2.39. The second kappa shape index (κ2) is 10.7. The minimum absolute atomic E-state index is 0.0203. The van der Waals surface area contributed by atoms with Crippen molar-refractivity contribution in [3.63, 3.8) is 0 Å². The number of benzene rings is 2. The molecule has 2 aromatic heterocycles. The molecular formula is C30H32N6O3. The molecule has 4 N–H and O–H groups in total. The zero-order chi connectivity index (χ0) is 27.7. The Morgan fingerprint density at radius 1 is 1.10 bits per heavy atom. The summed E-state index contributed by atoms with van der Waals surface area (Å²) in [5.41, 5.74) is 12.3. The van der Waals surface area contributed by atoms with Gasteiger partial charge in [0.25, 0.3) is 11.8 Å². The second-order valence-electron chi connectivity index (χ2n) is 10.0. The predicted molar refractivity (Wildman–Crippen MR) is 153 cm³/mol. The first-order chi connectivity index (χ1) is 18.8. The van der Waals surface area contributed by atoms with Crippen LogP contribution in [0.25, 0.3) is 33.4 Å². The van der Waals surface area contributed by atoms with Crippen LogP contribution in [0.2, 0.25) is 0 Å². The van der Waals surface area contributed by atoms with E-state index in [4.69, 9.17) is 10.5 Å². The van der Waals surface area contributed by atoms with Crippen molar-refractivity contribution in [1.29, 1.82) is 0 Å². The number of nitrogens with zero attached hydrogens (tertiary/aromatic N) is 3. The molecule has 2 heterocycles. The number of carbonyl (C=O) groups is 2. The topological polar surface area (TPSA) is 124 Å². The van der Waals surface area contributed by atoms with Gasteiger partial charge in [-0.3, -0.25) is 9.59 Å². The number of rotatable bonds is 9. The number of hydrogen-bond acceptors (Lipinski definition) is 6. The lowest BCUT2D eigenvalue weighted by atomic mass is 9.97. The van der Waals surface area contributed by atoms with Gasteiger partial charge in [0.05, 0.1) is 23.7 Å². The Hall–Kier alpha value is -4.50. The molecule has 2 aromatic carbocycles. The van der Waals surface area contributed by atoms with Crippen LogP contribution in [0, 0.1) is 5.92 Å². The van der Waals surface area contributed by atoms with Crippen LogP contribution in [0.4, 0.5) is 11.5 Å². The van der Waals surface area contributed by atoms with Gasteiger partial charge in [0, 0.05) is 36.5 Å². The van der Waals surface area contributed by atoms with E-state index < -0.39 is 0 Å². The van der Waals surface area contributed by atoms with E-state index in [1.807, 2.05) is 60.1 Å². The van der Waals surface area contributed by atoms with Gasteiger partial charge in [-0.2, -0.15) is 0 Å². The molecule has 9 nitrogen and oxygen atoms in total. The van der Waals surface area contributed by atoms with Crippen molar-refractivity contribution in [2.75, 3.05) is 24.8 Å². The number of hydrogen-bond donors (Lipinski definition) is 3. The molecule has 0 spiro atoms. The number of aryl methyl sites for hydroxylation is 1. The molecular weight excluding hydrogens is 492 g/mol. The third-order valence-corrected chi connectivity index (χ3v) is 7.09. The molecule has 4 aromatic rings. The predicted octanol–water partition coefficient (Wildman–Crippen LogP) is 4.55. The van der Waals surface area contributed by atoms with Gasteiger partial charge < -0.3 is 25.7 Å². The molecule has 0 unspecified atom stereocenters. The highest BCUT2D eigenvalue weighted by Crippen LogP contribution is 2.41. The van der Waals surface area contributed by atoms with E-state index in [0.29, 0.717) is 40.8 Å². The highest BCUT2D eigenvalue weighted by molar-refractivity contribution is 6.08. The third-order valence-electron chi connectivity index (χ3n) is 7.09. The minimum atomic E-state index is -0.231. The second-order valence-corrected chi connectivity index (χ2v) is 10.0. The highest BCUT2D eigenvalue weighted by Gasteiger charge is 2.32. The summed E-state index contributed by atoms with van der Waals surface area (Å²) < 4.78 is 7.28. The van der Waals surface area contributed by atoms with Crippen molar-refractivity contribution in [3.8, 4) is 22.4 Å². The standard InChI is InChI=1S/C30H32N6O3/c1-17(2)29(37)34-22-13-11-20(12-14-22)26-24(25-27(31)32-16-33-28(25)36(26)3)19-7-9-21(10-8-19)30(38)35-23(15-39-4)18-5-6-18/h7-14,16,18,23H,1,5-6,15H2,2-4H3,(H,34,37)(H,35,38)(H2,31,32,33)/t23-/m0/s1. The number of aromatic nitrogens is 3. The van der Waals surface area contributed by atoms with Crippen molar-refractivity contribution in [2.45, 2.75) is 25.8 Å². The Balaban J connectivity index is 1.52. The molecule has 0 radical (unpaired) electrons. The maximum absolute atomic E-state index is 13.0. The minimum Gasteiger partial charge on any atom is -0.383 e. The molecule has 200 valence electrons. The summed E-state index contributed by atoms with van der Waals surface area (Å²) in [5.74, 6) is 0.500. The van der Waals surface area contributed by atoms with Gasteiger partial charge in [0.1, 0.15) is 17.8 Å². The molecule has 1 atom stereocenters. The maximum atomic E-state index is 13.0. The van der Waals surface area contributed by atoms with Gasteiger partial charge >= 0.3 is 0 Å². The Labute approximate surface area is 227 Å². The number of amides is 2. The highest BCUT2D eigenvalue weighted by atomic mass is 16.5. The van der Waals surface area contributed by atoms with Crippen molar-refractivity contribution in [2.24, 2.45) is 13.0 Å². The lowest BCUT2D eigenvalue weighted by molar-refractivity contribution is -0.112. The van der Waals surface area contributed by atoms with Crippen molar-refractivity contribution < 1.29 is 14.3 Å². The van der Waals surface area contributed by atoms with E-state index >= 15 is 0 Å². The fourth-order valence-corrected chi connectivity index (χ4v) is 4.86. The van der Waals surface area contributed by atoms with Crippen LogP contribution in [0.1, 0.15) is 30.1 Å². The summed E-state index contributed by atoms with van der Waals surface area (Å²) in [6.07, 6.45) is 3.68. The number of methoxy groups -OCH3 is 1. The largest absolute Gasteiger partial charge is 0.383 e. The van der Waals surface area contributed by atoms with E-state index in [-0.39, 0.29) is 17.9 Å². The molecule has 1 aliphatic rings. The first kappa shape index (κ1) is 26.1. The molecule has 2 amide bonds. The van der Waals surface area contributed by atoms with Gasteiger partial charge in [-0.05, 0) is 61.1 Å². The molecule has 1 fully saturated rings. The normalized spacial score (nSPS) is 13.7. The summed E-state index contributed by atoms with van der Waals surface area (Å²) in [5, 5.41) is 6.69. The average molecular weight is 525 g/mol. The first-order valence-electron chi connectivity index (χ1n) is 12.8. The summed E-state index contributed by atoms with van der Waals surface area (Å²) >= 11 is 0. The SMILES string of the molecule is C=C(C)C(=O)Nc1ccc(-c2c(-c3ccc(C(=O)N[C@@H](COC)C4CC4)cc3)c3c(N)ncnc3n2C)cc1. The molecule has 0 bridgehead atoms. The number of nitrogens with one attached hydrogen (secondary N) is 2. The quantitative estimate of drug-likeness (QED) is 0.276. The van der Waals surface area contributed by atoms with Crippen LogP contribution < -0.4 is 16.4 Å². The number of anilines is 2. The zero-order valence-electron chi connectivity index (χ0n) is 22.3. The number of fused-ring (bicyclic) bond motifs is 1. The molecule has 1 saturated carbocycles. The monoisotopic (exact) mass is 524 g/mol. The maximum Gasteiger partial charge on any atom is 0.251 e. The average Bonchev–Trinajstić information content (AvgIpc) is 3.73. The van der Waals surface area contributed by atoms with E-state index in [0.717, 1.165) is 40.6 Å². The summed E-state index contributed by atoms with van der Waals surface area (Å²) in [6.45, 7) is 5.85. The fourth-order valence-electron chi connectivity index (χ4n) is 4.86. The Bertz CT molecular complexity index is 1550. The van der Waals surface area contributed by atoms with E-state index in [2.05, 4.69) is 27.2 Å². The zero-order valence-corrected chi connectivity index (χ0v) is 22.3. The molecule has 1 aliphatic carbocycles. The van der Waals surface area contributed by atoms with Gasteiger partial charge in [-0.25, -0.2) is 9.97 Å². The van der Waals surface area contributed by atoms with Gasteiger partial charge in [0.2, 0.25) is 0 Å². The number of ether oxygens (including phenoxy) is 1. The molecule has 0 aliphatic heterocycles. The van der Waals surface area contributed by atoms with E-state index in [9.17, 15) is 9.59 Å². The molecule has 5 rings (SSSR count). The van der Waals surface area contributed by atoms with Crippen LogP contribution in [-0.2, 0) is 16.6 Å². The number of carbonyl (C=O) groups excluding carboxylic acids is 2. The van der Waals surface area contributed by atoms with Crippen LogP contribution >= 0.6 is 0 Å². The van der Waals surface area contributed by atoms with Gasteiger partial charge in [0.15, 0.2) is 0 Å². The van der Waals surface area contributed by atoms with Crippen LogP contribution in [0.5, 0.6) is 0 Å². The van der Waals surface area contributed by atoms with E-state index in [1.54, 1.807) is 14.0 Å². The van der Waals surface area contributed by atoms with Crippen LogP contribution in [0.15, 0.2) is 67.0 Å². The third kappa shape index (κ3) is 5.26. The van der Waals surface area contributed by atoms with Crippen molar-refractivity contribution in [1.82, 2.24) is 19.9 Å². The Kier molecular flexibility index (Phi) is 7.17. The molecule has 9 heteroatoms.